The number of aromatic nitrogens is 4. The monoisotopic (exact) mass is 425 g/mol. The van der Waals surface area contributed by atoms with Crippen LogP contribution in [0.1, 0.15) is 33.8 Å². The van der Waals surface area contributed by atoms with Gasteiger partial charge in [-0.3, -0.25) is 14.3 Å². The van der Waals surface area contributed by atoms with Gasteiger partial charge in [0.1, 0.15) is 12.1 Å². The Morgan fingerprint density at radius 3 is 2.97 bits per heavy atom. The van der Waals surface area contributed by atoms with Gasteiger partial charge in [-0.25, -0.2) is 9.97 Å². The van der Waals surface area contributed by atoms with Crippen molar-refractivity contribution in [2.45, 2.75) is 19.4 Å². The lowest BCUT2D eigenvalue weighted by molar-refractivity contribution is 0.0995. The molecule has 0 bridgehead atoms. The minimum atomic E-state index is -0.712. The molecule has 3 aromatic heterocycles. The van der Waals surface area contributed by atoms with Crippen LogP contribution in [0.2, 0.25) is 0 Å². The van der Waals surface area contributed by atoms with Gasteiger partial charge in [-0.15, -0.1) is 0 Å². The molecule has 1 aliphatic carbocycles. The number of hydrogen-bond acceptors (Lipinski definition) is 8. The molecule has 0 unspecified atom stereocenters. The lowest BCUT2D eigenvalue weighted by atomic mass is 10.2. The summed E-state index contributed by atoms with van der Waals surface area (Å²) in [5.74, 6) is 0.207. The predicted molar refractivity (Wildman–Crippen MR) is 112 cm³/mol. The van der Waals surface area contributed by atoms with Crippen molar-refractivity contribution in [3.8, 4) is 11.5 Å². The van der Waals surface area contributed by atoms with Gasteiger partial charge in [0.25, 0.3) is 11.8 Å². The molecule has 2 amide bonds. The fraction of sp³-hybridized carbons (Fsp3) is 0.350. The Morgan fingerprint density at radius 2 is 2.23 bits per heavy atom. The smallest absolute Gasteiger partial charge is 0.277 e. The van der Waals surface area contributed by atoms with E-state index in [2.05, 4.69) is 25.7 Å². The highest BCUT2D eigenvalue weighted by molar-refractivity contribution is 6.07. The van der Waals surface area contributed by atoms with Crippen LogP contribution in [0.3, 0.4) is 0 Å². The first-order valence-electron chi connectivity index (χ1n) is 9.87. The number of primary amides is 1. The van der Waals surface area contributed by atoms with Crippen molar-refractivity contribution >= 4 is 23.3 Å². The molecule has 0 radical (unpaired) electrons. The van der Waals surface area contributed by atoms with E-state index in [1.165, 1.54) is 6.26 Å². The number of nitrogens with one attached hydrogen (secondary N) is 2. The standard InChI is InChI=1S/C20H23N7O4/c1-30-7-6-23-16-8-13(4-5-22-16)20-25-15(11-31-20)19(29)24-14-10-27(9-12-2-3-12)26-17(14)18(21)28/h4-5,8,10-12H,2-3,6-7,9H2,1H3,(H2,21,28)(H,22,23)(H,24,29). The van der Waals surface area contributed by atoms with Gasteiger partial charge in [0.05, 0.1) is 12.3 Å². The Bertz CT molecular complexity index is 1090. The second-order valence-corrected chi connectivity index (χ2v) is 7.26. The topological polar surface area (TPSA) is 150 Å². The Labute approximate surface area is 178 Å². The molecule has 0 spiro atoms. The van der Waals surface area contributed by atoms with E-state index >= 15 is 0 Å². The van der Waals surface area contributed by atoms with Crippen LogP contribution in [0.4, 0.5) is 11.5 Å². The largest absolute Gasteiger partial charge is 0.444 e. The highest BCUT2D eigenvalue weighted by Crippen LogP contribution is 2.31. The van der Waals surface area contributed by atoms with Crippen molar-refractivity contribution in [3.05, 3.63) is 42.2 Å². The predicted octanol–water partition coefficient (Wildman–Crippen LogP) is 1.75. The van der Waals surface area contributed by atoms with E-state index in [4.69, 9.17) is 14.9 Å². The highest BCUT2D eigenvalue weighted by atomic mass is 16.5. The van der Waals surface area contributed by atoms with E-state index in [1.54, 1.807) is 36.3 Å². The molecule has 4 rings (SSSR count). The zero-order valence-corrected chi connectivity index (χ0v) is 17.0. The van der Waals surface area contributed by atoms with E-state index < -0.39 is 11.8 Å². The second kappa shape index (κ2) is 8.96. The molecular formula is C20H23N7O4. The normalized spacial score (nSPS) is 13.2. The van der Waals surface area contributed by atoms with Crippen LogP contribution in [0, 0.1) is 5.92 Å². The van der Waals surface area contributed by atoms with Gasteiger partial charge in [-0.05, 0) is 30.9 Å². The van der Waals surface area contributed by atoms with Gasteiger partial charge in [0, 0.05) is 38.2 Å². The fourth-order valence-electron chi connectivity index (χ4n) is 2.99. The number of amides is 2. The molecular weight excluding hydrogens is 402 g/mol. The number of pyridine rings is 1. The number of oxazole rings is 1. The first kappa shape index (κ1) is 20.5. The van der Waals surface area contributed by atoms with Gasteiger partial charge in [0.2, 0.25) is 5.89 Å². The van der Waals surface area contributed by atoms with Crippen molar-refractivity contribution in [1.29, 1.82) is 0 Å². The lowest BCUT2D eigenvalue weighted by Gasteiger charge is -2.05. The Hall–Kier alpha value is -3.73. The average Bonchev–Trinajstić information content (AvgIpc) is 3.26. The zero-order chi connectivity index (χ0) is 21.8. The van der Waals surface area contributed by atoms with Crippen LogP contribution < -0.4 is 16.4 Å². The van der Waals surface area contributed by atoms with Gasteiger partial charge in [-0.1, -0.05) is 0 Å². The highest BCUT2D eigenvalue weighted by Gasteiger charge is 2.25. The summed E-state index contributed by atoms with van der Waals surface area (Å²) in [6.07, 6.45) is 6.74. The molecule has 1 aliphatic rings. The quantitative estimate of drug-likeness (QED) is 0.416. The third-order valence-corrected chi connectivity index (χ3v) is 4.74. The summed E-state index contributed by atoms with van der Waals surface area (Å²) >= 11 is 0. The number of nitrogens with two attached hydrogens (primary N) is 1. The number of carbonyl (C=O) groups excluding carboxylic acids is 2. The second-order valence-electron chi connectivity index (χ2n) is 7.26. The zero-order valence-electron chi connectivity index (χ0n) is 17.0. The minimum absolute atomic E-state index is 0.0126. The first-order chi connectivity index (χ1) is 15.0. The van der Waals surface area contributed by atoms with Crippen molar-refractivity contribution in [2.24, 2.45) is 11.7 Å². The minimum Gasteiger partial charge on any atom is -0.444 e. The first-order valence-corrected chi connectivity index (χ1v) is 9.87. The Morgan fingerprint density at radius 1 is 1.39 bits per heavy atom. The Kier molecular flexibility index (Phi) is 5.94. The molecule has 11 nitrogen and oxygen atoms in total. The van der Waals surface area contributed by atoms with Crippen LogP contribution >= 0.6 is 0 Å². The Balaban J connectivity index is 1.47. The van der Waals surface area contributed by atoms with Crippen molar-refractivity contribution in [2.75, 3.05) is 30.9 Å². The summed E-state index contributed by atoms with van der Waals surface area (Å²) in [5, 5.41) is 9.96. The summed E-state index contributed by atoms with van der Waals surface area (Å²) in [4.78, 5) is 32.8. The lowest BCUT2D eigenvalue weighted by Crippen LogP contribution is -2.18. The molecule has 1 fully saturated rings. The van der Waals surface area contributed by atoms with Gasteiger partial charge in [0.15, 0.2) is 11.4 Å². The number of carbonyl (C=O) groups is 2. The van der Waals surface area contributed by atoms with Gasteiger partial charge < -0.3 is 25.5 Å². The summed E-state index contributed by atoms with van der Waals surface area (Å²) < 4.78 is 12.1. The van der Waals surface area contributed by atoms with E-state index in [0.717, 1.165) is 12.8 Å². The molecule has 4 N–H and O–H groups in total. The average molecular weight is 425 g/mol. The fourth-order valence-corrected chi connectivity index (χ4v) is 2.99. The molecule has 11 heteroatoms. The molecule has 0 saturated heterocycles. The summed E-state index contributed by atoms with van der Waals surface area (Å²) in [5.41, 5.74) is 6.38. The molecule has 162 valence electrons. The maximum Gasteiger partial charge on any atom is 0.277 e. The van der Waals surface area contributed by atoms with E-state index in [9.17, 15) is 9.59 Å². The third kappa shape index (κ3) is 5.07. The molecule has 0 aliphatic heterocycles. The van der Waals surface area contributed by atoms with E-state index in [1.807, 2.05) is 0 Å². The summed E-state index contributed by atoms with van der Waals surface area (Å²) in [6.45, 7) is 1.83. The number of hydrogen-bond donors (Lipinski definition) is 3. The van der Waals surface area contributed by atoms with E-state index in [0.29, 0.717) is 37.0 Å². The van der Waals surface area contributed by atoms with Crippen LogP contribution in [-0.4, -0.2) is 51.8 Å². The SMILES string of the molecule is COCCNc1cc(-c2nc(C(=O)Nc3cn(CC4CC4)nc3C(N)=O)co2)ccn1. The number of nitrogens with zero attached hydrogens (tertiary/aromatic N) is 4. The van der Waals surface area contributed by atoms with Gasteiger partial charge >= 0.3 is 0 Å². The number of methoxy groups -OCH3 is 1. The van der Waals surface area contributed by atoms with Crippen LogP contribution in [0.25, 0.3) is 11.5 Å². The summed E-state index contributed by atoms with van der Waals surface area (Å²) in [7, 11) is 1.62. The molecule has 1 saturated carbocycles. The van der Waals surface area contributed by atoms with E-state index in [-0.39, 0.29) is 23.0 Å². The van der Waals surface area contributed by atoms with Crippen LogP contribution in [0.15, 0.2) is 35.2 Å². The number of anilines is 2. The van der Waals surface area contributed by atoms with Crippen LogP contribution in [0.5, 0.6) is 0 Å². The summed E-state index contributed by atoms with van der Waals surface area (Å²) in [6, 6.07) is 3.48. The number of ether oxygens (including phenoxy) is 1. The molecule has 0 atom stereocenters. The number of rotatable bonds is 10. The van der Waals surface area contributed by atoms with Gasteiger partial charge in [-0.2, -0.15) is 5.10 Å². The van der Waals surface area contributed by atoms with Crippen LogP contribution in [-0.2, 0) is 11.3 Å². The molecule has 31 heavy (non-hydrogen) atoms. The van der Waals surface area contributed by atoms with Crippen molar-refractivity contribution < 1.29 is 18.7 Å². The van der Waals surface area contributed by atoms with Crippen molar-refractivity contribution in [1.82, 2.24) is 19.7 Å². The molecule has 3 aromatic rings. The third-order valence-electron chi connectivity index (χ3n) is 4.74. The maximum absolute atomic E-state index is 12.7. The molecule has 0 aromatic carbocycles. The maximum atomic E-state index is 12.7. The van der Waals surface area contributed by atoms with Crippen molar-refractivity contribution in [3.63, 3.8) is 0 Å². The molecule has 3 heterocycles.